The Hall–Kier alpha value is -0.120. The second-order valence-electron chi connectivity index (χ2n) is 5.04. The first kappa shape index (κ1) is 16.9. The Bertz CT molecular complexity index is 154. The van der Waals surface area contributed by atoms with Crippen LogP contribution in [0, 0.1) is 0 Å². The fourth-order valence-corrected chi connectivity index (χ4v) is 2.03. The number of hydrogen-bond donors (Lipinski definition) is 1. The molecule has 1 aliphatic heterocycles. The van der Waals surface area contributed by atoms with E-state index in [1.165, 1.54) is 45.3 Å². The molecular weight excluding hydrogens is 210 g/mol. The molecule has 104 valence electrons. The number of hydrogen-bond acceptors (Lipinski definition) is 3. The van der Waals surface area contributed by atoms with Crippen LogP contribution in [0.5, 0.6) is 0 Å². The van der Waals surface area contributed by atoms with E-state index in [1.807, 2.05) is 13.8 Å². The maximum absolute atomic E-state index is 3.60. The number of nitrogens with one attached hydrogen (secondary N) is 1. The van der Waals surface area contributed by atoms with Gasteiger partial charge in [-0.2, -0.15) is 0 Å². The molecule has 3 nitrogen and oxygen atoms in total. The standard InChI is InChI=1S/C12H27N3.C2H6/c1-14(2)10-11-15(3)9-7-12-6-4-5-8-13-12;1-2/h12-13H,4-11H2,1-3H3;1-2H3. The zero-order chi connectivity index (χ0) is 13.1. The molecule has 0 aromatic carbocycles. The van der Waals surface area contributed by atoms with E-state index in [-0.39, 0.29) is 0 Å². The van der Waals surface area contributed by atoms with Gasteiger partial charge in [0.15, 0.2) is 0 Å². The Morgan fingerprint density at radius 2 is 1.71 bits per heavy atom. The molecule has 1 rings (SSSR count). The van der Waals surface area contributed by atoms with Crippen molar-refractivity contribution < 1.29 is 0 Å². The van der Waals surface area contributed by atoms with Crippen molar-refractivity contribution >= 4 is 0 Å². The molecule has 1 atom stereocenters. The van der Waals surface area contributed by atoms with Gasteiger partial charge in [-0.1, -0.05) is 20.3 Å². The van der Waals surface area contributed by atoms with Crippen LogP contribution in [-0.4, -0.2) is 63.2 Å². The molecule has 0 bridgehead atoms. The lowest BCUT2D eigenvalue weighted by Gasteiger charge is -2.26. The topological polar surface area (TPSA) is 18.5 Å². The van der Waals surface area contributed by atoms with E-state index in [0.29, 0.717) is 0 Å². The minimum absolute atomic E-state index is 0.778. The maximum atomic E-state index is 3.60. The number of piperidine rings is 1. The van der Waals surface area contributed by atoms with Crippen molar-refractivity contribution in [3.05, 3.63) is 0 Å². The van der Waals surface area contributed by atoms with E-state index < -0.39 is 0 Å². The van der Waals surface area contributed by atoms with Gasteiger partial charge in [-0.25, -0.2) is 0 Å². The van der Waals surface area contributed by atoms with Gasteiger partial charge in [0.1, 0.15) is 0 Å². The molecule has 1 aliphatic rings. The van der Waals surface area contributed by atoms with Gasteiger partial charge in [0.25, 0.3) is 0 Å². The maximum Gasteiger partial charge on any atom is 0.0106 e. The average Bonchev–Trinajstić information content (AvgIpc) is 2.37. The molecule has 0 aromatic rings. The molecule has 0 aliphatic carbocycles. The first-order valence-electron chi connectivity index (χ1n) is 7.25. The van der Waals surface area contributed by atoms with Crippen molar-refractivity contribution in [3.63, 3.8) is 0 Å². The SMILES string of the molecule is CC.CN(C)CCN(C)CCC1CCCCN1. The highest BCUT2D eigenvalue weighted by Crippen LogP contribution is 2.10. The third-order valence-electron chi connectivity index (χ3n) is 3.20. The van der Waals surface area contributed by atoms with Crippen molar-refractivity contribution in [2.24, 2.45) is 0 Å². The molecule has 1 unspecified atom stereocenters. The number of rotatable bonds is 6. The lowest BCUT2D eigenvalue weighted by Crippen LogP contribution is -2.37. The van der Waals surface area contributed by atoms with Gasteiger partial charge in [0.2, 0.25) is 0 Å². The van der Waals surface area contributed by atoms with Gasteiger partial charge in [-0.15, -0.1) is 0 Å². The molecule has 1 fully saturated rings. The Morgan fingerprint density at radius 1 is 1.00 bits per heavy atom. The van der Waals surface area contributed by atoms with Crippen molar-refractivity contribution in [2.75, 3.05) is 47.3 Å². The van der Waals surface area contributed by atoms with Crippen LogP contribution in [0.4, 0.5) is 0 Å². The van der Waals surface area contributed by atoms with E-state index in [2.05, 4.69) is 36.3 Å². The van der Waals surface area contributed by atoms with E-state index in [1.54, 1.807) is 0 Å². The average molecular weight is 243 g/mol. The predicted octanol–water partition coefficient (Wildman–Crippen LogP) is 2.04. The molecule has 1 saturated heterocycles. The Balaban J connectivity index is 0.00000121. The second kappa shape index (κ2) is 11.0. The van der Waals surface area contributed by atoms with Gasteiger partial charge in [-0.05, 0) is 53.5 Å². The quantitative estimate of drug-likeness (QED) is 0.770. The van der Waals surface area contributed by atoms with Crippen LogP contribution in [0.15, 0.2) is 0 Å². The van der Waals surface area contributed by atoms with Gasteiger partial charge >= 0.3 is 0 Å². The van der Waals surface area contributed by atoms with Crippen LogP contribution in [0.1, 0.15) is 39.5 Å². The molecular formula is C14H33N3. The largest absolute Gasteiger partial charge is 0.314 e. The van der Waals surface area contributed by atoms with Gasteiger partial charge in [0.05, 0.1) is 0 Å². The van der Waals surface area contributed by atoms with Crippen LogP contribution in [-0.2, 0) is 0 Å². The molecule has 0 radical (unpaired) electrons. The molecule has 0 aromatic heterocycles. The zero-order valence-electron chi connectivity index (χ0n) is 12.6. The fraction of sp³-hybridized carbons (Fsp3) is 1.00. The van der Waals surface area contributed by atoms with Crippen LogP contribution < -0.4 is 5.32 Å². The summed E-state index contributed by atoms with van der Waals surface area (Å²) in [4.78, 5) is 4.69. The minimum atomic E-state index is 0.778. The summed E-state index contributed by atoms with van der Waals surface area (Å²) in [7, 11) is 6.50. The summed E-state index contributed by atoms with van der Waals surface area (Å²) in [6.45, 7) is 8.80. The monoisotopic (exact) mass is 243 g/mol. The Kier molecular flexibility index (Phi) is 10.9. The second-order valence-corrected chi connectivity index (χ2v) is 5.04. The predicted molar refractivity (Wildman–Crippen MR) is 77.7 cm³/mol. The summed E-state index contributed by atoms with van der Waals surface area (Å²) in [6.07, 6.45) is 5.47. The van der Waals surface area contributed by atoms with Crippen LogP contribution >= 0.6 is 0 Å². The van der Waals surface area contributed by atoms with Crippen molar-refractivity contribution in [1.82, 2.24) is 15.1 Å². The third kappa shape index (κ3) is 9.57. The van der Waals surface area contributed by atoms with Crippen molar-refractivity contribution in [1.29, 1.82) is 0 Å². The minimum Gasteiger partial charge on any atom is -0.314 e. The fourth-order valence-electron chi connectivity index (χ4n) is 2.03. The summed E-state index contributed by atoms with van der Waals surface area (Å²) < 4.78 is 0. The molecule has 0 amide bonds. The molecule has 17 heavy (non-hydrogen) atoms. The van der Waals surface area contributed by atoms with Crippen molar-refractivity contribution in [2.45, 2.75) is 45.6 Å². The highest BCUT2D eigenvalue weighted by Gasteiger charge is 2.12. The lowest BCUT2D eigenvalue weighted by molar-refractivity contribution is 0.258. The lowest BCUT2D eigenvalue weighted by atomic mass is 10.0. The van der Waals surface area contributed by atoms with Crippen molar-refractivity contribution in [3.8, 4) is 0 Å². The Morgan fingerprint density at radius 3 is 2.24 bits per heavy atom. The summed E-state index contributed by atoms with van der Waals surface area (Å²) in [5.41, 5.74) is 0. The molecule has 0 saturated carbocycles. The van der Waals surface area contributed by atoms with Crippen LogP contribution in [0.2, 0.25) is 0 Å². The van der Waals surface area contributed by atoms with Crippen LogP contribution in [0.25, 0.3) is 0 Å². The van der Waals surface area contributed by atoms with Gasteiger partial charge in [0, 0.05) is 19.1 Å². The molecule has 1 N–H and O–H groups in total. The summed E-state index contributed by atoms with van der Waals surface area (Å²) in [5.74, 6) is 0. The van der Waals surface area contributed by atoms with E-state index >= 15 is 0 Å². The molecule has 1 heterocycles. The smallest absolute Gasteiger partial charge is 0.0106 e. The summed E-state index contributed by atoms with van der Waals surface area (Å²) in [5, 5.41) is 3.60. The summed E-state index contributed by atoms with van der Waals surface area (Å²) >= 11 is 0. The zero-order valence-corrected chi connectivity index (χ0v) is 12.6. The third-order valence-corrected chi connectivity index (χ3v) is 3.20. The van der Waals surface area contributed by atoms with E-state index in [0.717, 1.165) is 12.6 Å². The highest BCUT2D eigenvalue weighted by molar-refractivity contribution is 4.73. The number of nitrogens with zero attached hydrogens (tertiary/aromatic N) is 2. The normalized spacial score (nSPS) is 20.3. The van der Waals surface area contributed by atoms with E-state index in [9.17, 15) is 0 Å². The van der Waals surface area contributed by atoms with E-state index in [4.69, 9.17) is 0 Å². The number of likely N-dealkylation sites (N-methyl/N-ethyl adjacent to an activating group) is 2. The van der Waals surface area contributed by atoms with Gasteiger partial charge < -0.3 is 15.1 Å². The van der Waals surface area contributed by atoms with Crippen LogP contribution in [0.3, 0.4) is 0 Å². The first-order chi connectivity index (χ1) is 8.18. The van der Waals surface area contributed by atoms with Gasteiger partial charge in [-0.3, -0.25) is 0 Å². The summed E-state index contributed by atoms with van der Waals surface area (Å²) in [6, 6.07) is 0.778. The molecule has 0 spiro atoms. The Labute approximate surface area is 109 Å². The highest BCUT2D eigenvalue weighted by atomic mass is 15.1. The molecule has 3 heteroatoms. The first-order valence-corrected chi connectivity index (χ1v) is 7.25.